The molecule has 0 spiro atoms. The van der Waals surface area contributed by atoms with Crippen molar-refractivity contribution in [2.24, 2.45) is 0 Å². The Hall–Kier alpha value is -4.43. The Morgan fingerprint density at radius 1 is 1.07 bits per heavy atom. The van der Waals surface area contributed by atoms with Crippen molar-refractivity contribution in [3.63, 3.8) is 0 Å². The molecule has 14 heteroatoms. The van der Waals surface area contributed by atoms with E-state index in [4.69, 9.17) is 9.84 Å². The number of rotatable bonds is 10. The molecule has 0 atom stereocenters. The second-order valence-electron chi connectivity index (χ2n) is 10.9. The number of hydrogen-bond donors (Lipinski definition) is 1. The summed E-state index contributed by atoms with van der Waals surface area (Å²) in [6.45, 7) is 1.45. The third-order valence-corrected chi connectivity index (χ3v) is 8.42. The molecule has 4 aromatic rings. The number of hydrogen-bond acceptors (Lipinski definition) is 9. The fourth-order valence-corrected chi connectivity index (χ4v) is 5.86. The molecular formula is C31H33F2N5O6S. The predicted molar refractivity (Wildman–Crippen MR) is 165 cm³/mol. The standard InChI is InChI=1S/C31H33F2N5O6S/c1-21-8-6-11-24-26(21)37(30(41)44-20-22-9-4-3-5-10-22)16-15-36(24)25-18-23-19-34-29(45(2,42)43)35-27(23)38(28(25)40)14-7-12-31(32,33)13-17-39/h3-6,8-11,18-19,39H,7,12-17,20H2,1-2H3. The molecule has 1 N–H and O–H groups in total. The number of sulfone groups is 1. The molecule has 0 radical (unpaired) electrons. The largest absolute Gasteiger partial charge is 0.444 e. The van der Waals surface area contributed by atoms with Gasteiger partial charge in [-0.25, -0.2) is 27.0 Å². The van der Waals surface area contributed by atoms with Gasteiger partial charge in [0.25, 0.3) is 5.56 Å². The first kappa shape index (κ1) is 32.0. The van der Waals surface area contributed by atoms with Gasteiger partial charge >= 0.3 is 6.09 Å². The van der Waals surface area contributed by atoms with Crippen LogP contribution in [-0.4, -0.2) is 66.0 Å². The third kappa shape index (κ3) is 6.96. The number of nitrogens with zero attached hydrogens (tertiary/aromatic N) is 5. The topological polar surface area (TPSA) is 135 Å². The zero-order valence-electron chi connectivity index (χ0n) is 24.8. The summed E-state index contributed by atoms with van der Waals surface area (Å²) in [6, 6.07) is 16.2. The molecular weight excluding hydrogens is 608 g/mol. The Kier molecular flexibility index (Phi) is 9.16. The Morgan fingerprint density at radius 3 is 2.53 bits per heavy atom. The summed E-state index contributed by atoms with van der Waals surface area (Å²) in [7, 11) is -3.83. The highest BCUT2D eigenvalue weighted by Crippen LogP contribution is 2.40. The number of aliphatic hydroxyl groups is 1. The lowest BCUT2D eigenvalue weighted by Crippen LogP contribution is -2.44. The molecule has 1 aliphatic rings. The lowest BCUT2D eigenvalue weighted by molar-refractivity contribution is -0.0312. The highest BCUT2D eigenvalue weighted by Gasteiger charge is 2.32. The van der Waals surface area contributed by atoms with Crippen LogP contribution >= 0.6 is 0 Å². The number of amides is 1. The zero-order chi connectivity index (χ0) is 32.4. The molecule has 3 heterocycles. The molecule has 0 saturated heterocycles. The monoisotopic (exact) mass is 641 g/mol. The first-order valence-corrected chi connectivity index (χ1v) is 16.2. The van der Waals surface area contributed by atoms with Crippen LogP contribution in [0.1, 0.15) is 30.4 Å². The van der Waals surface area contributed by atoms with Crippen molar-refractivity contribution in [3.05, 3.63) is 82.3 Å². The van der Waals surface area contributed by atoms with Crippen molar-refractivity contribution in [1.82, 2.24) is 14.5 Å². The number of alkyl halides is 2. The summed E-state index contributed by atoms with van der Waals surface area (Å²) in [5, 5.41) is 8.82. The van der Waals surface area contributed by atoms with Gasteiger partial charge in [0, 0.05) is 56.9 Å². The number of aromatic nitrogens is 3. The summed E-state index contributed by atoms with van der Waals surface area (Å²) < 4.78 is 59.6. The van der Waals surface area contributed by atoms with Crippen molar-refractivity contribution >= 4 is 44.0 Å². The number of carbonyl (C=O) groups excluding carboxylic acids is 1. The lowest BCUT2D eigenvalue weighted by atomic mass is 10.1. The van der Waals surface area contributed by atoms with Gasteiger partial charge in [0.1, 0.15) is 17.9 Å². The first-order chi connectivity index (χ1) is 21.4. The third-order valence-electron chi connectivity index (χ3n) is 7.56. The quantitative estimate of drug-likeness (QED) is 0.247. The van der Waals surface area contributed by atoms with Crippen LogP contribution in [0.4, 0.5) is 30.6 Å². The summed E-state index contributed by atoms with van der Waals surface area (Å²) >= 11 is 0. The number of carbonyl (C=O) groups is 1. The summed E-state index contributed by atoms with van der Waals surface area (Å²) in [5.41, 5.74) is 2.33. The number of para-hydroxylation sites is 1. The minimum atomic E-state index is -3.83. The van der Waals surface area contributed by atoms with E-state index in [-0.39, 0.29) is 44.0 Å². The van der Waals surface area contributed by atoms with E-state index in [1.165, 1.54) is 21.7 Å². The van der Waals surface area contributed by atoms with Crippen molar-refractivity contribution in [2.45, 2.75) is 50.4 Å². The molecule has 0 bridgehead atoms. The summed E-state index contributed by atoms with van der Waals surface area (Å²) in [6.07, 6.45) is 0.228. The van der Waals surface area contributed by atoms with Gasteiger partial charge in [-0.15, -0.1) is 0 Å². The number of pyridine rings is 1. The lowest BCUT2D eigenvalue weighted by Gasteiger charge is -2.38. The number of fused-ring (bicyclic) bond motifs is 2. The molecule has 45 heavy (non-hydrogen) atoms. The zero-order valence-corrected chi connectivity index (χ0v) is 25.6. The molecule has 0 fully saturated rings. The predicted octanol–water partition coefficient (Wildman–Crippen LogP) is 4.60. The van der Waals surface area contributed by atoms with Crippen LogP contribution < -0.4 is 15.4 Å². The first-order valence-electron chi connectivity index (χ1n) is 14.3. The molecule has 5 rings (SSSR count). The maximum atomic E-state index is 14.2. The van der Waals surface area contributed by atoms with Crippen LogP contribution in [0.3, 0.4) is 0 Å². The SMILES string of the molecule is Cc1cccc2c1N(C(=O)OCc1ccccc1)CCN2c1cc2cnc(S(C)(=O)=O)nc2n(CCCC(F)(F)CCO)c1=O. The average Bonchev–Trinajstić information content (AvgIpc) is 3.00. The van der Waals surface area contributed by atoms with Gasteiger partial charge in [0.15, 0.2) is 0 Å². The number of aliphatic hydroxyl groups excluding tert-OH is 1. The van der Waals surface area contributed by atoms with Crippen molar-refractivity contribution in [1.29, 1.82) is 0 Å². The average molecular weight is 642 g/mol. The van der Waals surface area contributed by atoms with Crippen molar-refractivity contribution in [3.8, 4) is 0 Å². The fraction of sp³-hybridized carbons (Fsp3) is 0.355. The Bertz CT molecular complexity index is 1890. The van der Waals surface area contributed by atoms with Gasteiger partial charge in [-0.3, -0.25) is 14.3 Å². The second kappa shape index (κ2) is 12.9. The van der Waals surface area contributed by atoms with Gasteiger partial charge < -0.3 is 14.7 Å². The Balaban J connectivity index is 1.54. The van der Waals surface area contributed by atoms with E-state index in [9.17, 15) is 26.8 Å². The van der Waals surface area contributed by atoms with Crippen LogP contribution in [0.15, 0.2) is 70.7 Å². The van der Waals surface area contributed by atoms with Crippen LogP contribution in [0.5, 0.6) is 0 Å². The van der Waals surface area contributed by atoms with Gasteiger partial charge in [0.05, 0.1) is 11.4 Å². The number of aryl methyl sites for hydroxylation is 2. The Labute approximate surface area is 258 Å². The molecule has 2 aromatic heterocycles. The van der Waals surface area contributed by atoms with E-state index in [0.717, 1.165) is 17.4 Å². The van der Waals surface area contributed by atoms with E-state index in [0.29, 0.717) is 16.8 Å². The molecule has 0 saturated carbocycles. The maximum Gasteiger partial charge on any atom is 0.414 e. The van der Waals surface area contributed by atoms with E-state index >= 15 is 0 Å². The van der Waals surface area contributed by atoms with Gasteiger partial charge in [0.2, 0.25) is 20.9 Å². The normalized spacial score (nSPS) is 13.6. The highest BCUT2D eigenvalue weighted by molar-refractivity contribution is 7.90. The molecule has 0 aliphatic carbocycles. The van der Waals surface area contributed by atoms with Crippen LogP contribution in [0, 0.1) is 6.92 Å². The van der Waals surface area contributed by atoms with Crippen LogP contribution in [0.25, 0.3) is 11.0 Å². The molecule has 238 valence electrons. The van der Waals surface area contributed by atoms with E-state index in [2.05, 4.69) is 9.97 Å². The van der Waals surface area contributed by atoms with Gasteiger partial charge in [-0.2, -0.15) is 4.98 Å². The number of ether oxygens (including phenoxy) is 1. The van der Waals surface area contributed by atoms with Gasteiger partial charge in [-0.1, -0.05) is 42.5 Å². The molecule has 1 amide bonds. The van der Waals surface area contributed by atoms with Crippen molar-refractivity contribution < 1.29 is 31.8 Å². The Morgan fingerprint density at radius 2 is 1.82 bits per heavy atom. The summed E-state index contributed by atoms with van der Waals surface area (Å²) in [4.78, 5) is 38.7. The van der Waals surface area contributed by atoms with Gasteiger partial charge in [-0.05, 0) is 36.6 Å². The number of halogens is 2. The maximum absolute atomic E-state index is 14.2. The molecule has 0 unspecified atom stereocenters. The van der Waals surface area contributed by atoms with E-state index in [1.807, 2.05) is 43.3 Å². The number of benzene rings is 2. The summed E-state index contributed by atoms with van der Waals surface area (Å²) in [5.74, 6) is -3.14. The highest BCUT2D eigenvalue weighted by atomic mass is 32.2. The smallest absolute Gasteiger partial charge is 0.414 e. The molecule has 11 nitrogen and oxygen atoms in total. The minimum Gasteiger partial charge on any atom is -0.444 e. The van der Waals surface area contributed by atoms with E-state index < -0.39 is 52.0 Å². The minimum absolute atomic E-state index is 0.00255. The van der Waals surface area contributed by atoms with Crippen LogP contribution in [-0.2, 0) is 27.7 Å². The molecule has 1 aliphatic heterocycles. The fourth-order valence-electron chi connectivity index (χ4n) is 5.37. The second-order valence-corrected chi connectivity index (χ2v) is 12.8. The van der Waals surface area contributed by atoms with Crippen LogP contribution in [0.2, 0.25) is 0 Å². The number of anilines is 3. The molecule has 2 aromatic carbocycles. The van der Waals surface area contributed by atoms with Crippen molar-refractivity contribution in [2.75, 3.05) is 35.8 Å². The van der Waals surface area contributed by atoms with E-state index in [1.54, 1.807) is 17.0 Å².